The SMILES string of the molecule is C[C@@H](Oc1cc2c(-c3ccc(N4CC(C)(CN(C)S(C)(=O)=O)C4)nc3)n[nH]c2cc1F)c1c(Cl)cncc1Cl. The van der Waals surface area contributed by atoms with Gasteiger partial charge in [0, 0.05) is 73.3 Å². The van der Waals surface area contributed by atoms with Crippen molar-refractivity contribution in [1.82, 2.24) is 24.5 Å². The zero-order valence-electron chi connectivity index (χ0n) is 21.7. The van der Waals surface area contributed by atoms with Crippen LogP contribution in [0.1, 0.15) is 25.5 Å². The molecule has 4 heterocycles. The van der Waals surface area contributed by atoms with Gasteiger partial charge in [-0.2, -0.15) is 5.10 Å². The van der Waals surface area contributed by atoms with Crippen molar-refractivity contribution in [2.75, 3.05) is 37.8 Å². The van der Waals surface area contributed by atoms with Gasteiger partial charge in [-0.3, -0.25) is 10.1 Å². The average Bonchev–Trinajstić information content (AvgIpc) is 3.24. The number of fused-ring (bicyclic) bond motifs is 1. The van der Waals surface area contributed by atoms with Gasteiger partial charge in [-0.1, -0.05) is 30.1 Å². The monoisotopic (exact) mass is 592 g/mol. The van der Waals surface area contributed by atoms with E-state index in [1.54, 1.807) is 26.2 Å². The summed E-state index contributed by atoms with van der Waals surface area (Å²) in [6.45, 7) is 5.61. The third-order valence-electron chi connectivity index (χ3n) is 6.88. The second-order valence-electron chi connectivity index (χ2n) is 10.3. The largest absolute Gasteiger partial charge is 0.483 e. The van der Waals surface area contributed by atoms with Crippen LogP contribution < -0.4 is 9.64 Å². The third-order valence-corrected chi connectivity index (χ3v) is 8.74. The van der Waals surface area contributed by atoms with E-state index in [0.717, 1.165) is 11.4 Å². The molecule has 1 aliphatic rings. The van der Waals surface area contributed by atoms with Crippen molar-refractivity contribution in [2.45, 2.75) is 20.0 Å². The Morgan fingerprint density at radius 2 is 1.90 bits per heavy atom. The van der Waals surface area contributed by atoms with Crippen molar-refractivity contribution in [3.8, 4) is 17.0 Å². The molecule has 0 amide bonds. The van der Waals surface area contributed by atoms with Crippen molar-refractivity contribution in [2.24, 2.45) is 5.41 Å². The minimum Gasteiger partial charge on any atom is -0.483 e. The average molecular weight is 594 g/mol. The molecule has 0 aliphatic carbocycles. The molecule has 1 fully saturated rings. The molecule has 0 saturated carbocycles. The van der Waals surface area contributed by atoms with E-state index < -0.39 is 21.9 Å². The first-order chi connectivity index (χ1) is 18.3. The number of nitrogens with one attached hydrogen (secondary N) is 1. The van der Waals surface area contributed by atoms with E-state index in [9.17, 15) is 12.8 Å². The maximum absolute atomic E-state index is 14.9. The van der Waals surface area contributed by atoms with E-state index in [0.29, 0.717) is 51.8 Å². The number of pyridine rings is 2. The number of sulfonamides is 1. The van der Waals surface area contributed by atoms with E-state index in [1.165, 1.54) is 29.0 Å². The van der Waals surface area contributed by atoms with Crippen LogP contribution in [0.2, 0.25) is 10.0 Å². The third kappa shape index (κ3) is 5.54. The van der Waals surface area contributed by atoms with Crippen LogP contribution in [0.15, 0.2) is 42.9 Å². The minimum absolute atomic E-state index is 0.0325. The number of H-pyrrole nitrogens is 1. The van der Waals surface area contributed by atoms with Crippen molar-refractivity contribution in [1.29, 1.82) is 0 Å². The maximum Gasteiger partial charge on any atom is 0.210 e. The van der Waals surface area contributed by atoms with Crippen LogP contribution in [-0.4, -0.2) is 65.8 Å². The summed E-state index contributed by atoms with van der Waals surface area (Å²) >= 11 is 12.5. The van der Waals surface area contributed by atoms with Crippen LogP contribution in [-0.2, 0) is 10.0 Å². The molecule has 0 spiro atoms. The van der Waals surface area contributed by atoms with Gasteiger partial charge in [0.25, 0.3) is 0 Å². The Labute approximate surface area is 236 Å². The van der Waals surface area contributed by atoms with Gasteiger partial charge in [0.1, 0.15) is 17.6 Å². The minimum atomic E-state index is -3.23. The lowest BCUT2D eigenvalue weighted by Gasteiger charge is -2.49. The number of rotatable bonds is 8. The van der Waals surface area contributed by atoms with Crippen molar-refractivity contribution in [3.63, 3.8) is 0 Å². The Kier molecular flexibility index (Phi) is 7.21. The molecule has 1 aliphatic heterocycles. The summed E-state index contributed by atoms with van der Waals surface area (Å²) in [6, 6.07) is 6.72. The number of aromatic amines is 1. The predicted molar refractivity (Wildman–Crippen MR) is 150 cm³/mol. The Balaban J connectivity index is 1.34. The summed E-state index contributed by atoms with van der Waals surface area (Å²) in [7, 11) is -1.64. The number of benzene rings is 1. The Morgan fingerprint density at radius 3 is 2.51 bits per heavy atom. The highest BCUT2D eigenvalue weighted by Gasteiger charge is 2.41. The number of hydrogen-bond acceptors (Lipinski definition) is 7. The van der Waals surface area contributed by atoms with Gasteiger partial charge in [0.2, 0.25) is 10.0 Å². The molecule has 4 aromatic rings. The van der Waals surface area contributed by atoms with Gasteiger partial charge < -0.3 is 9.64 Å². The highest BCUT2D eigenvalue weighted by atomic mass is 35.5. The highest BCUT2D eigenvalue weighted by Crippen LogP contribution is 2.38. The lowest BCUT2D eigenvalue weighted by atomic mass is 9.82. The molecule has 0 bridgehead atoms. The smallest absolute Gasteiger partial charge is 0.210 e. The highest BCUT2D eigenvalue weighted by molar-refractivity contribution is 7.88. The molecule has 0 unspecified atom stereocenters. The molecule has 9 nitrogen and oxygen atoms in total. The molecule has 1 N–H and O–H groups in total. The number of halogens is 3. The fraction of sp³-hybridized carbons (Fsp3) is 0.346. The fourth-order valence-corrected chi connectivity index (χ4v) is 6.11. The number of nitrogens with zero attached hydrogens (tertiary/aromatic N) is 5. The van der Waals surface area contributed by atoms with Gasteiger partial charge in [-0.05, 0) is 25.1 Å². The Morgan fingerprint density at radius 1 is 1.21 bits per heavy atom. The number of hydrogen-bond donors (Lipinski definition) is 1. The second kappa shape index (κ2) is 10.2. The lowest BCUT2D eigenvalue weighted by Crippen LogP contribution is -2.59. The van der Waals surface area contributed by atoms with Gasteiger partial charge in [-0.25, -0.2) is 22.1 Å². The van der Waals surface area contributed by atoms with Gasteiger partial charge in [-0.15, -0.1) is 0 Å². The summed E-state index contributed by atoms with van der Waals surface area (Å²) < 4.78 is 45.8. The molecule has 206 valence electrons. The number of anilines is 1. The topological polar surface area (TPSA) is 104 Å². The van der Waals surface area contributed by atoms with Gasteiger partial charge >= 0.3 is 0 Å². The lowest BCUT2D eigenvalue weighted by molar-refractivity contribution is 0.198. The van der Waals surface area contributed by atoms with Crippen molar-refractivity contribution >= 4 is 49.9 Å². The molecule has 3 aromatic heterocycles. The van der Waals surface area contributed by atoms with Gasteiger partial charge in [0.15, 0.2) is 11.6 Å². The van der Waals surface area contributed by atoms with E-state index in [2.05, 4.69) is 32.0 Å². The van der Waals surface area contributed by atoms with E-state index in [4.69, 9.17) is 27.9 Å². The van der Waals surface area contributed by atoms with Crippen LogP contribution in [0.25, 0.3) is 22.2 Å². The molecular weight excluding hydrogens is 566 g/mol. The second-order valence-corrected chi connectivity index (χ2v) is 13.2. The van der Waals surface area contributed by atoms with E-state index in [-0.39, 0.29) is 11.2 Å². The molecule has 5 rings (SSSR count). The van der Waals surface area contributed by atoms with E-state index >= 15 is 0 Å². The number of ether oxygens (including phenoxy) is 1. The molecule has 39 heavy (non-hydrogen) atoms. The molecule has 1 aromatic carbocycles. The Hall–Kier alpha value is -2.99. The van der Waals surface area contributed by atoms with Crippen LogP contribution in [0.4, 0.5) is 10.2 Å². The maximum atomic E-state index is 14.9. The van der Waals surface area contributed by atoms with Crippen LogP contribution in [0.3, 0.4) is 0 Å². The molecular formula is C26H27Cl2FN6O3S. The normalized spacial score (nSPS) is 15.9. The van der Waals surface area contributed by atoms with Crippen molar-refractivity contribution in [3.05, 3.63) is 64.3 Å². The zero-order chi connectivity index (χ0) is 28.1. The fourth-order valence-electron chi connectivity index (χ4n) is 4.89. The quantitative estimate of drug-likeness (QED) is 0.295. The standard InChI is InChI=1S/C26H27Cl2FN6O3S/c1-15(24-18(27)10-30-11-19(24)28)38-22-7-17-21(8-20(22)29)32-33-25(17)16-5-6-23(31-9-16)35-13-26(2,14-35)12-34(3)39(4,36)37/h5-11,15H,12-14H2,1-4H3,(H,32,33)/t15-/m1/s1. The molecule has 1 saturated heterocycles. The van der Waals surface area contributed by atoms with Crippen LogP contribution >= 0.6 is 23.2 Å². The molecule has 1 atom stereocenters. The first-order valence-corrected chi connectivity index (χ1v) is 14.7. The summed E-state index contributed by atoms with van der Waals surface area (Å²) in [5, 5.41) is 8.59. The summed E-state index contributed by atoms with van der Waals surface area (Å²) in [6.07, 6.45) is 5.22. The first kappa shape index (κ1) is 27.6. The van der Waals surface area contributed by atoms with Crippen LogP contribution in [0.5, 0.6) is 5.75 Å². The first-order valence-electron chi connectivity index (χ1n) is 12.1. The summed E-state index contributed by atoms with van der Waals surface area (Å²) in [5.41, 5.74) is 2.23. The zero-order valence-corrected chi connectivity index (χ0v) is 24.1. The van der Waals surface area contributed by atoms with E-state index in [1.807, 2.05) is 12.1 Å². The molecule has 0 radical (unpaired) electrons. The predicted octanol–water partition coefficient (Wildman–Crippen LogP) is 5.32. The number of aromatic nitrogens is 4. The van der Waals surface area contributed by atoms with Crippen molar-refractivity contribution < 1.29 is 17.5 Å². The summed E-state index contributed by atoms with van der Waals surface area (Å²) in [5.74, 6) is 0.264. The van der Waals surface area contributed by atoms with Gasteiger partial charge in [0.05, 0.1) is 21.8 Å². The molecule has 13 heteroatoms. The summed E-state index contributed by atoms with van der Waals surface area (Å²) in [4.78, 5) is 10.6. The Bertz CT molecular complexity index is 1620. The van der Waals surface area contributed by atoms with Crippen LogP contribution in [0, 0.1) is 11.2 Å².